The van der Waals surface area contributed by atoms with E-state index in [1.165, 1.54) is 11.0 Å². The van der Waals surface area contributed by atoms with Crippen molar-refractivity contribution in [1.82, 2.24) is 4.98 Å². The number of rotatable bonds is 5. The van der Waals surface area contributed by atoms with Crippen LogP contribution in [0.1, 0.15) is 10.4 Å². The van der Waals surface area contributed by atoms with Gasteiger partial charge in [0.25, 0.3) is 0 Å². The first-order chi connectivity index (χ1) is 9.15. The molecule has 2 heterocycles. The molecule has 1 N–H and O–H groups in total. The minimum absolute atomic E-state index is 0.774. The van der Waals surface area contributed by atoms with Crippen molar-refractivity contribution in [2.24, 2.45) is 0 Å². The average Bonchev–Trinajstić information content (AvgIpc) is 2.89. The van der Waals surface area contributed by atoms with Crippen molar-refractivity contribution in [2.75, 3.05) is 11.9 Å². The number of aliphatic carboxylic acids is 1. The second-order valence-corrected chi connectivity index (χ2v) is 5.09. The molecule has 0 saturated carbocycles. The Hall–Kier alpha value is -2.14. The van der Waals surface area contributed by atoms with Gasteiger partial charge in [0.05, 0.1) is 6.54 Å². The van der Waals surface area contributed by atoms with Crippen LogP contribution < -0.4 is 4.90 Å². The molecule has 0 bridgehead atoms. The number of aromatic nitrogens is 1. The third-order valence-corrected chi connectivity index (χ3v) is 3.41. The molecule has 5 heteroatoms. The highest BCUT2D eigenvalue weighted by molar-refractivity contribution is 7.09. The van der Waals surface area contributed by atoms with Gasteiger partial charge in [-0.3, -0.25) is 0 Å². The Bertz CT molecular complexity index is 562. The molecule has 0 saturated heterocycles. The Morgan fingerprint density at radius 1 is 1.47 bits per heavy atom. The van der Waals surface area contributed by atoms with E-state index in [1.54, 1.807) is 17.5 Å². The molecular weight excluding hydrogens is 260 g/mol. The van der Waals surface area contributed by atoms with Gasteiger partial charge in [-0.15, -0.1) is 11.3 Å². The van der Waals surface area contributed by atoms with Crippen molar-refractivity contribution < 1.29 is 9.90 Å². The largest absolute Gasteiger partial charge is 0.478 e. The zero-order chi connectivity index (χ0) is 13.7. The molecule has 4 nitrogen and oxygen atoms in total. The van der Waals surface area contributed by atoms with Crippen LogP contribution in [0.5, 0.6) is 0 Å². The summed E-state index contributed by atoms with van der Waals surface area (Å²) >= 11 is 1.71. The first kappa shape index (κ1) is 13.3. The summed E-state index contributed by atoms with van der Waals surface area (Å²) in [7, 11) is 1.98. The second-order valence-electron chi connectivity index (χ2n) is 4.06. The third-order valence-electron chi connectivity index (χ3n) is 2.55. The number of anilines is 1. The fourth-order valence-corrected chi connectivity index (χ4v) is 2.36. The van der Waals surface area contributed by atoms with Crippen molar-refractivity contribution in [3.8, 4) is 0 Å². The number of hydrogen-bond acceptors (Lipinski definition) is 4. The molecule has 0 amide bonds. The van der Waals surface area contributed by atoms with Gasteiger partial charge in [-0.2, -0.15) is 0 Å². The molecule has 98 valence electrons. The summed E-state index contributed by atoms with van der Waals surface area (Å²) in [5.41, 5.74) is 0.774. The number of pyridine rings is 1. The van der Waals surface area contributed by atoms with E-state index >= 15 is 0 Å². The summed E-state index contributed by atoms with van der Waals surface area (Å²) in [6, 6.07) is 7.86. The average molecular weight is 274 g/mol. The van der Waals surface area contributed by atoms with E-state index in [0.29, 0.717) is 0 Å². The van der Waals surface area contributed by atoms with Crippen LogP contribution in [-0.2, 0) is 11.3 Å². The highest BCUT2D eigenvalue weighted by Gasteiger charge is 2.03. The van der Waals surface area contributed by atoms with Crippen LogP contribution in [-0.4, -0.2) is 23.1 Å². The van der Waals surface area contributed by atoms with E-state index in [-0.39, 0.29) is 0 Å². The lowest BCUT2D eigenvalue weighted by atomic mass is 10.2. The molecule has 0 aliphatic rings. The van der Waals surface area contributed by atoms with Gasteiger partial charge in [0.2, 0.25) is 0 Å². The minimum atomic E-state index is -0.959. The monoisotopic (exact) mass is 274 g/mol. The minimum Gasteiger partial charge on any atom is -0.478 e. The lowest BCUT2D eigenvalue weighted by Gasteiger charge is -2.17. The highest BCUT2D eigenvalue weighted by Crippen LogP contribution is 2.16. The smallest absolute Gasteiger partial charge is 0.328 e. The van der Waals surface area contributed by atoms with Gasteiger partial charge < -0.3 is 10.0 Å². The lowest BCUT2D eigenvalue weighted by Crippen LogP contribution is -2.16. The second kappa shape index (κ2) is 6.15. The zero-order valence-electron chi connectivity index (χ0n) is 10.5. The Kier molecular flexibility index (Phi) is 4.30. The van der Waals surface area contributed by atoms with E-state index < -0.39 is 5.97 Å². The Balaban J connectivity index is 2.03. The van der Waals surface area contributed by atoms with Crippen LogP contribution >= 0.6 is 11.3 Å². The first-order valence-corrected chi connectivity index (χ1v) is 6.64. The standard InChI is InChI=1S/C14H14N2O2S/c1-16(10-12-3-2-8-19-12)13-6-4-11(9-15-13)5-7-14(17)18/h2-9H,10H2,1H3,(H,17,18)/b7-5+. The summed E-state index contributed by atoms with van der Waals surface area (Å²) in [4.78, 5) is 18.1. The quantitative estimate of drug-likeness (QED) is 0.852. The maximum absolute atomic E-state index is 10.4. The summed E-state index contributed by atoms with van der Waals surface area (Å²) in [6.45, 7) is 0.814. The first-order valence-electron chi connectivity index (χ1n) is 5.76. The fourth-order valence-electron chi connectivity index (χ4n) is 1.61. The molecule has 0 aromatic carbocycles. The molecule has 0 fully saturated rings. The third kappa shape index (κ3) is 3.93. The van der Waals surface area contributed by atoms with Gasteiger partial charge in [0.1, 0.15) is 5.82 Å². The van der Waals surface area contributed by atoms with Crippen LogP contribution in [0.3, 0.4) is 0 Å². The molecular formula is C14H14N2O2S. The topological polar surface area (TPSA) is 53.4 Å². The molecule has 0 unspecified atom stereocenters. The van der Waals surface area contributed by atoms with E-state index in [9.17, 15) is 4.79 Å². The number of thiophene rings is 1. The van der Waals surface area contributed by atoms with Gasteiger partial charge in [0.15, 0.2) is 0 Å². The predicted octanol–water partition coefficient (Wildman–Crippen LogP) is 2.88. The summed E-state index contributed by atoms with van der Waals surface area (Å²) in [5, 5.41) is 10.6. The summed E-state index contributed by atoms with van der Waals surface area (Å²) in [6.07, 6.45) is 4.30. The fraction of sp³-hybridized carbons (Fsp3) is 0.143. The maximum atomic E-state index is 10.4. The van der Waals surface area contributed by atoms with E-state index in [1.807, 2.05) is 25.2 Å². The van der Waals surface area contributed by atoms with Crippen molar-refractivity contribution in [1.29, 1.82) is 0 Å². The predicted molar refractivity (Wildman–Crippen MR) is 77.3 cm³/mol. The molecule has 19 heavy (non-hydrogen) atoms. The zero-order valence-corrected chi connectivity index (χ0v) is 11.3. The molecule has 2 aromatic rings. The van der Waals surface area contributed by atoms with Crippen LogP contribution in [0.25, 0.3) is 6.08 Å². The SMILES string of the molecule is CN(Cc1cccs1)c1ccc(/C=C/C(=O)O)cn1. The van der Waals surface area contributed by atoms with E-state index in [4.69, 9.17) is 5.11 Å². The molecule has 0 atom stereocenters. The number of carboxylic acids is 1. The Morgan fingerprint density at radius 2 is 2.32 bits per heavy atom. The highest BCUT2D eigenvalue weighted by atomic mass is 32.1. The van der Waals surface area contributed by atoms with Crippen LogP contribution in [0.4, 0.5) is 5.82 Å². The molecule has 0 aliphatic heterocycles. The van der Waals surface area contributed by atoms with Gasteiger partial charge in [0, 0.05) is 24.2 Å². The van der Waals surface area contributed by atoms with Crippen molar-refractivity contribution in [3.63, 3.8) is 0 Å². The van der Waals surface area contributed by atoms with Gasteiger partial charge >= 0.3 is 5.97 Å². The summed E-state index contributed by atoms with van der Waals surface area (Å²) < 4.78 is 0. The van der Waals surface area contributed by atoms with Crippen molar-refractivity contribution >= 4 is 29.2 Å². The molecule has 0 radical (unpaired) electrons. The molecule has 0 spiro atoms. The number of carboxylic acid groups (broad SMARTS) is 1. The Labute approximate surface area is 115 Å². The number of carbonyl (C=O) groups is 1. The van der Waals surface area contributed by atoms with Crippen molar-refractivity contribution in [2.45, 2.75) is 6.54 Å². The van der Waals surface area contributed by atoms with E-state index in [0.717, 1.165) is 24.0 Å². The van der Waals surface area contributed by atoms with Crippen LogP contribution in [0, 0.1) is 0 Å². The lowest BCUT2D eigenvalue weighted by molar-refractivity contribution is -0.131. The van der Waals surface area contributed by atoms with Crippen LogP contribution in [0.15, 0.2) is 41.9 Å². The van der Waals surface area contributed by atoms with E-state index in [2.05, 4.69) is 21.3 Å². The number of hydrogen-bond donors (Lipinski definition) is 1. The Morgan fingerprint density at radius 3 is 2.89 bits per heavy atom. The molecule has 0 aliphatic carbocycles. The van der Waals surface area contributed by atoms with Crippen LogP contribution in [0.2, 0.25) is 0 Å². The van der Waals surface area contributed by atoms with Gasteiger partial charge in [-0.25, -0.2) is 9.78 Å². The molecule has 2 rings (SSSR count). The van der Waals surface area contributed by atoms with Gasteiger partial charge in [-0.05, 0) is 35.2 Å². The normalized spacial score (nSPS) is 10.8. The van der Waals surface area contributed by atoms with Crippen molar-refractivity contribution in [3.05, 3.63) is 52.4 Å². The summed E-state index contributed by atoms with van der Waals surface area (Å²) in [5.74, 6) is -0.0974. The van der Waals surface area contributed by atoms with Gasteiger partial charge in [-0.1, -0.05) is 6.07 Å². The molecule has 2 aromatic heterocycles. The maximum Gasteiger partial charge on any atom is 0.328 e. The number of nitrogens with zero attached hydrogens (tertiary/aromatic N) is 2.